The van der Waals surface area contributed by atoms with Crippen LogP contribution in [0.1, 0.15) is 23.7 Å². The third-order valence-corrected chi connectivity index (χ3v) is 4.28. The Bertz CT molecular complexity index is 784. The number of nitrogens with one attached hydrogen (secondary N) is 1. The summed E-state index contributed by atoms with van der Waals surface area (Å²) in [6.07, 6.45) is 0.492. The lowest BCUT2D eigenvalue weighted by Crippen LogP contribution is -2.47. The lowest BCUT2D eigenvalue weighted by Gasteiger charge is -2.33. The summed E-state index contributed by atoms with van der Waals surface area (Å²) in [5.74, 6) is -0.832. The molecule has 0 aliphatic carbocycles. The van der Waals surface area contributed by atoms with Crippen molar-refractivity contribution in [2.24, 2.45) is 0 Å². The van der Waals surface area contributed by atoms with Crippen molar-refractivity contribution < 1.29 is 22.8 Å². The van der Waals surface area contributed by atoms with Gasteiger partial charge in [0.1, 0.15) is 0 Å². The van der Waals surface area contributed by atoms with E-state index in [4.69, 9.17) is 9.26 Å². The third kappa shape index (κ3) is 5.80. The number of carbonyl (C=O) groups is 1. The summed E-state index contributed by atoms with van der Waals surface area (Å²) in [7, 11) is 0. The number of nitrogens with zero attached hydrogens (tertiary/aromatic N) is 3. The summed E-state index contributed by atoms with van der Waals surface area (Å²) in [6, 6.07) is 3.92. The van der Waals surface area contributed by atoms with Gasteiger partial charge in [0.15, 0.2) is 17.5 Å². The fraction of sp³-hybridized carbons (Fsp3) is 0.500. The van der Waals surface area contributed by atoms with Gasteiger partial charge in [0.25, 0.3) is 0 Å². The number of benzene rings is 1. The van der Waals surface area contributed by atoms with E-state index in [1.165, 1.54) is 6.07 Å². The quantitative estimate of drug-likeness (QED) is 0.786. The Morgan fingerprint density at radius 1 is 1.37 bits per heavy atom. The van der Waals surface area contributed by atoms with Crippen LogP contribution in [-0.4, -0.2) is 53.3 Å². The molecule has 0 spiro atoms. The van der Waals surface area contributed by atoms with Gasteiger partial charge in [0.05, 0.1) is 12.7 Å². The van der Waals surface area contributed by atoms with Crippen molar-refractivity contribution in [3.8, 4) is 0 Å². The van der Waals surface area contributed by atoms with Crippen LogP contribution in [0.5, 0.6) is 0 Å². The van der Waals surface area contributed by atoms with E-state index in [0.717, 1.165) is 6.07 Å². The Hall–Kier alpha value is -2.39. The molecule has 27 heavy (non-hydrogen) atoms. The van der Waals surface area contributed by atoms with Crippen molar-refractivity contribution in [3.05, 3.63) is 47.1 Å². The summed E-state index contributed by atoms with van der Waals surface area (Å²) in [5.41, 5.74) is 0.702. The van der Waals surface area contributed by atoms with Crippen molar-refractivity contribution in [1.29, 1.82) is 0 Å². The molecule has 1 saturated heterocycles. The molecule has 146 valence electrons. The number of aryl methyl sites for hydroxylation is 2. The first-order valence-corrected chi connectivity index (χ1v) is 8.83. The molecule has 7 nitrogen and oxygen atoms in total. The SMILES string of the molecule is Cc1noc(CCC(=O)NC[C@H]2CN(Cc3ccc(F)c(F)c3)CCO2)n1. The predicted octanol–water partition coefficient (Wildman–Crippen LogP) is 1.61. The number of aromatic nitrogens is 2. The fourth-order valence-electron chi connectivity index (χ4n) is 2.92. The van der Waals surface area contributed by atoms with Gasteiger partial charge in [-0.15, -0.1) is 0 Å². The molecule has 1 N–H and O–H groups in total. The standard InChI is InChI=1S/C18H22F2N4O3/c1-12-22-18(27-23-12)5-4-17(25)21-9-14-11-24(6-7-26-14)10-13-2-3-15(19)16(20)8-13/h2-3,8,14H,4-7,9-11H2,1H3,(H,21,25)/t14-/m0/s1. The van der Waals surface area contributed by atoms with Crippen LogP contribution in [0.3, 0.4) is 0 Å². The molecule has 2 aromatic rings. The summed E-state index contributed by atoms with van der Waals surface area (Å²) in [6.45, 7) is 4.42. The van der Waals surface area contributed by atoms with Gasteiger partial charge in [-0.25, -0.2) is 8.78 Å². The monoisotopic (exact) mass is 380 g/mol. The molecule has 3 rings (SSSR count). The van der Waals surface area contributed by atoms with Crippen LogP contribution >= 0.6 is 0 Å². The highest BCUT2D eigenvalue weighted by molar-refractivity contribution is 5.76. The van der Waals surface area contributed by atoms with Crippen LogP contribution in [-0.2, 0) is 22.5 Å². The number of hydrogen-bond donors (Lipinski definition) is 1. The van der Waals surface area contributed by atoms with Crippen LogP contribution in [0.25, 0.3) is 0 Å². The predicted molar refractivity (Wildman–Crippen MR) is 91.7 cm³/mol. The molecule has 0 unspecified atom stereocenters. The topological polar surface area (TPSA) is 80.5 Å². The van der Waals surface area contributed by atoms with Gasteiger partial charge >= 0.3 is 0 Å². The molecule has 0 bridgehead atoms. The van der Waals surface area contributed by atoms with Crippen LogP contribution < -0.4 is 5.32 Å². The first-order chi connectivity index (χ1) is 13.0. The minimum absolute atomic E-state index is 0.118. The van der Waals surface area contributed by atoms with Crippen molar-refractivity contribution in [1.82, 2.24) is 20.4 Å². The number of ether oxygens (including phenoxy) is 1. The number of amides is 1. The van der Waals surface area contributed by atoms with Crippen molar-refractivity contribution >= 4 is 5.91 Å². The van der Waals surface area contributed by atoms with E-state index in [1.54, 1.807) is 13.0 Å². The van der Waals surface area contributed by atoms with E-state index in [2.05, 4.69) is 20.4 Å². The Morgan fingerprint density at radius 3 is 2.96 bits per heavy atom. The van der Waals surface area contributed by atoms with Gasteiger partial charge < -0.3 is 14.6 Å². The molecule has 9 heteroatoms. The maximum atomic E-state index is 13.3. The minimum atomic E-state index is -0.850. The minimum Gasteiger partial charge on any atom is -0.374 e. The second kappa shape index (κ2) is 9.01. The Kier molecular flexibility index (Phi) is 6.46. The second-order valence-electron chi connectivity index (χ2n) is 6.52. The van der Waals surface area contributed by atoms with Gasteiger partial charge in [-0.05, 0) is 24.6 Å². The van der Waals surface area contributed by atoms with E-state index < -0.39 is 11.6 Å². The normalized spacial score (nSPS) is 17.8. The van der Waals surface area contributed by atoms with Gasteiger partial charge in [0, 0.05) is 39.0 Å². The average molecular weight is 380 g/mol. The Balaban J connectivity index is 1.41. The molecule has 1 aromatic heterocycles. The van der Waals surface area contributed by atoms with Crippen LogP contribution in [0.2, 0.25) is 0 Å². The lowest BCUT2D eigenvalue weighted by molar-refractivity contribution is -0.122. The molecule has 0 saturated carbocycles. The van der Waals surface area contributed by atoms with Crippen molar-refractivity contribution in [2.45, 2.75) is 32.4 Å². The van der Waals surface area contributed by atoms with Crippen molar-refractivity contribution in [2.75, 3.05) is 26.2 Å². The molecule has 1 aliphatic heterocycles. The van der Waals surface area contributed by atoms with E-state index in [0.29, 0.717) is 56.5 Å². The van der Waals surface area contributed by atoms with E-state index >= 15 is 0 Å². The molecular formula is C18H22F2N4O3. The molecule has 1 aromatic carbocycles. The van der Waals surface area contributed by atoms with Gasteiger partial charge in [0.2, 0.25) is 11.8 Å². The first-order valence-electron chi connectivity index (χ1n) is 8.83. The van der Waals surface area contributed by atoms with E-state index in [1.807, 2.05) is 0 Å². The fourth-order valence-corrected chi connectivity index (χ4v) is 2.92. The number of rotatable bonds is 7. The number of halogens is 2. The van der Waals surface area contributed by atoms with E-state index in [-0.39, 0.29) is 18.4 Å². The highest BCUT2D eigenvalue weighted by Crippen LogP contribution is 2.13. The summed E-state index contributed by atoms with van der Waals surface area (Å²) >= 11 is 0. The Labute approximate surface area is 155 Å². The first kappa shape index (κ1) is 19.4. The summed E-state index contributed by atoms with van der Waals surface area (Å²) in [5, 5.41) is 6.52. The zero-order valence-corrected chi connectivity index (χ0v) is 15.1. The van der Waals surface area contributed by atoms with Gasteiger partial charge in [-0.2, -0.15) is 4.98 Å². The van der Waals surface area contributed by atoms with Crippen molar-refractivity contribution in [3.63, 3.8) is 0 Å². The largest absolute Gasteiger partial charge is 0.374 e. The van der Waals surface area contributed by atoms with Gasteiger partial charge in [-0.3, -0.25) is 9.69 Å². The van der Waals surface area contributed by atoms with E-state index in [9.17, 15) is 13.6 Å². The molecule has 0 radical (unpaired) electrons. The molecule has 2 heterocycles. The lowest BCUT2D eigenvalue weighted by atomic mass is 10.1. The highest BCUT2D eigenvalue weighted by atomic mass is 19.2. The molecule has 1 aliphatic rings. The maximum absolute atomic E-state index is 13.3. The highest BCUT2D eigenvalue weighted by Gasteiger charge is 2.21. The summed E-state index contributed by atoms with van der Waals surface area (Å²) < 4.78 is 37.0. The smallest absolute Gasteiger partial charge is 0.227 e. The third-order valence-electron chi connectivity index (χ3n) is 4.28. The number of hydrogen-bond acceptors (Lipinski definition) is 6. The second-order valence-corrected chi connectivity index (χ2v) is 6.52. The molecular weight excluding hydrogens is 358 g/mol. The van der Waals surface area contributed by atoms with Crippen LogP contribution in [0.15, 0.2) is 22.7 Å². The maximum Gasteiger partial charge on any atom is 0.227 e. The summed E-state index contributed by atoms with van der Waals surface area (Å²) in [4.78, 5) is 18.1. The average Bonchev–Trinajstić information content (AvgIpc) is 3.07. The molecule has 1 atom stereocenters. The Morgan fingerprint density at radius 2 is 2.22 bits per heavy atom. The zero-order chi connectivity index (χ0) is 19.2. The number of morpholine rings is 1. The molecule has 1 amide bonds. The van der Waals surface area contributed by atoms with Crippen LogP contribution in [0.4, 0.5) is 8.78 Å². The molecule has 1 fully saturated rings. The van der Waals surface area contributed by atoms with Crippen LogP contribution in [0, 0.1) is 18.6 Å². The van der Waals surface area contributed by atoms with Gasteiger partial charge in [-0.1, -0.05) is 11.2 Å². The zero-order valence-electron chi connectivity index (χ0n) is 15.1. The number of carbonyl (C=O) groups excluding carboxylic acids is 1.